The molecule has 2 atom stereocenters. The highest BCUT2D eigenvalue weighted by molar-refractivity contribution is 8.77. The molecule has 26 heavy (non-hydrogen) atoms. The fraction of sp³-hybridized carbons (Fsp3) is 0.650. The monoisotopic (exact) mass is 394 g/mol. The molecule has 0 radical (unpaired) electrons. The van der Waals surface area contributed by atoms with Crippen LogP contribution in [-0.4, -0.2) is 54.7 Å². The van der Waals surface area contributed by atoms with Gasteiger partial charge in [0.05, 0.1) is 19.3 Å². The minimum absolute atomic E-state index is 0.0589. The summed E-state index contributed by atoms with van der Waals surface area (Å²) < 4.78 is 5.44. The van der Waals surface area contributed by atoms with Gasteiger partial charge in [0.25, 0.3) is 0 Å². The predicted octanol–water partition coefficient (Wildman–Crippen LogP) is 3.89. The van der Waals surface area contributed by atoms with Gasteiger partial charge in [0.2, 0.25) is 5.91 Å². The Balaban J connectivity index is 1.45. The molecule has 0 bridgehead atoms. The smallest absolute Gasteiger partial charge is 0.220 e. The first-order valence-corrected chi connectivity index (χ1v) is 12.1. The fourth-order valence-electron chi connectivity index (χ4n) is 3.45. The van der Waals surface area contributed by atoms with Gasteiger partial charge in [0.1, 0.15) is 0 Å². The van der Waals surface area contributed by atoms with Crippen molar-refractivity contribution in [2.75, 3.05) is 38.6 Å². The van der Waals surface area contributed by atoms with Crippen molar-refractivity contribution in [3.63, 3.8) is 0 Å². The van der Waals surface area contributed by atoms with Gasteiger partial charge in [-0.1, -0.05) is 58.3 Å². The standard InChI is InChI=1S/C20H30N2O2S2/c23-20(9-5-4-8-18-10-15-25-26-18)21-19(17-6-2-1-3-7-17)16-22-11-13-24-14-12-22/h1-3,6-7,18-19H,4-5,8-16H2,(H,21,23). The number of rotatable bonds is 9. The van der Waals surface area contributed by atoms with Crippen LogP contribution in [0, 0.1) is 0 Å². The first kappa shape index (κ1) is 20.1. The number of unbranched alkanes of at least 4 members (excludes halogenated alkanes) is 1. The highest BCUT2D eigenvalue weighted by Crippen LogP contribution is 2.39. The number of carbonyl (C=O) groups is 1. The number of ether oxygens (including phenoxy) is 1. The Labute approximate surface area is 165 Å². The van der Waals surface area contributed by atoms with Crippen LogP contribution in [0.25, 0.3) is 0 Å². The lowest BCUT2D eigenvalue weighted by molar-refractivity contribution is -0.122. The molecule has 0 spiro atoms. The Hall–Kier alpha value is -0.690. The minimum Gasteiger partial charge on any atom is -0.379 e. The molecule has 6 heteroatoms. The molecule has 2 aliphatic heterocycles. The van der Waals surface area contributed by atoms with E-state index in [-0.39, 0.29) is 11.9 Å². The number of morpholine rings is 1. The summed E-state index contributed by atoms with van der Waals surface area (Å²) >= 11 is 0. The molecular formula is C20H30N2O2S2. The quantitative estimate of drug-likeness (QED) is 0.508. The van der Waals surface area contributed by atoms with Gasteiger partial charge in [-0.05, 0) is 24.8 Å². The van der Waals surface area contributed by atoms with Gasteiger partial charge >= 0.3 is 0 Å². The number of carbonyl (C=O) groups excluding carboxylic acids is 1. The maximum absolute atomic E-state index is 12.5. The summed E-state index contributed by atoms with van der Waals surface area (Å²) in [4.78, 5) is 14.9. The minimum atomic E-state index is 0.0589. The normalized spacial score (nSPS) is 22.2. The first-order valence-electron chi connectivity index (χ1n) is 9.74. The van der Waals surface area contributed by atoms with Crippen LogP contribution in [0.3, 0.4) is 0 Å². The van der Waals surface area contributed by atoms with Crippen LogP contribution in [0.5, 0.6) is 0 Å². The molecule has 0 aromatic heterocycles. The van der Waals surface area contributed by atoms with E-state index in [2.05, 4.69) is 22.3 Å². The third kappa shape index (κ3) is 6.80. The van der Waals surface area contributed by atoms with Crippen LogP contribution in [0.2, 0.25) is 0 Å². The van der Waals surface area contributed by atoms with E-state index in [0.29, 0.717) is 6.42 Å². The summed E-state index contributed by atoms with van der Waals surface area (Å²) in [6, 6.07) is 10.4. The average molecular weight is 395 g/mol. The highest BCUT2D eigenvalue weighted by Gasteiger charge is 2.20. The number of hydrogen-bond donors (Lipinski definition) is 1. The Morgan fingerprint density at radius 1 is 1.23 bits per heavy atom. The van der Waals surface area contributed by atoms with E-state index in [0.717, 1.165) is 50.9 Å². The van der Waals surface area contributed by atoms with Gasteiger partial charge in [-0.3, -0.25) is 9.69 Å². The van der Waals surface area contributed by atoms with E-state index >= 15 is 0 Å². The third-order valence-corrected chi connectivity index (χ3v) is 8.00. The van der Waals surface area contributed by atoms with Crippen molar-refractivity contribution in [2.24, 2.45) is 0 Å². The highest BCUT2D eigenvalue weighted by atomic mass is 33.1. The van der Waals surface area contributed by atoms with Gasteiger partial charge in [0.15, 0.2) is 0 Å². The van der Waals surface area contributed by atoms with Crippen LogP contribution < -0.4 is 5.32 Å². The fourth-order valence-corrected chi connectivity index (χ4v) is 6.48. The zero-order valence-corrected chi connectivity index (χ0v) is 17.0. The summed E-state index contributed by atoms with van der Waals surface area (Å²) in [5.41, 5.74) is 1.19. The lowest BCUT2D eigenvalue weighted by Crippen LogP contribution is -2.43. The number of benzene rings is 1. The number of hydrogen-bond acceptors (Lipinski definition) is 5. The molecule has 2 heterocycles. The van der Waals surface area contributed by atoms with Crippen molar-refractivity contribution in [2.45, 2.75) is 43.4 Å². The summed E-state index contributed by atoms with van der Waals surface area (Å²) in [7, 11) is 4.02. The van der Waals surface area contributed by atoms with Crippen LogP contribution in [0.15, 0.2) is 30.3 Å². The molecule has 1 aromatic rings. The first-order chi connectivity index (χ1) is 12.8. The van der Waals surface area contributed by atoms with E-state index in [1.165, 1.54) is 24.2 Å². The Kier molecular flexibility index (Phi) is 8.66. The topological polar surface area (TPSA) is 41.6 Å². The van der Waals surface area contributed by atoms with Gasteiger partial charge in [-0.2, -0.15) is 0 Å². The van der Waals surface area contributed by atoms with Gasteiger partial charge in [0, 0.05) is 37.1 Å². The van der Waals surface area contributed by atoms with Crippen molar-refractivity contribution in [3.05, 3.63) is 35.9 Å². The number of nitrogens with one attached hydrogen (secondary N) is 1. The van der Waals surface area contributed by atoms with Crippen LogP contribution in [0.1, 0.15) is 43.7 Å². The molecule has 2 fully saturated rings. The van der Waals surface area contributed by atoms with Crippen LogP contribution >= 0.6 is 21.6 Å². The second-order valence-electron chi connectivity index (χ2n) is 7.02. The van der Waals surface area contributed by atoms with E-state index in [1.807, 2.05) is 39.8 Å². The predicted molar refractivity (Wildman–Crippen MR) is 112 cm³/mol. The summed E-state index contributed by atoms with van der Waals surface area (Å²) in [5, 5.41) is 4.09. The maximum atomic E-state index is 12.5. The molecule has 0 aliphatic carbocycles. The second kappa shape index (κ2) is 11.2. The second-order valence-corrected chi connectivity index (χ2v) is 9.81. The van der Waals surface area contributed by atoms with E-state index in [1.54, 1.807) is 0 Å². The average Bonchev–Trinajstić information content (AvgIpc) is 3.20. The molecule has 1 aromatic carbocycles. The van der Waals surface area contributed by atoms with Crippen LogP contribution in [-0.2, 0) is 9.53 Å². The summed E-state index contributed by atoms with van der Waals surface area (Å²) in [5.74, 6) is 1.47. The Morgan fingerprint density at radius 2 is 2.04 bits per heavy atom. The summed E-state index contributed by atoms with van der Waals surface area (Å²) in [6.45, 7) is 4.31. The molecule has 1 amide bonds. The van der Waals surface area contributed by atoms with Gasteiger partial charge in [-0.15, -0.1) is 0 Å². The number of nitrogens with zero attached hydrogens (tertiary/aromatic N) is 1. The molecule has 1 N–H and O–H groups in total. The lowest BCUT2D eigenvalue weighted by atomic mass is 10.1. The van der Waals surface area contributed by atoms with E-state index in [4.69, 9.17) is 4.74 Å². The molecule has 144 valence electrons. The summed E-state index contributed by atoms with van der Waals surface area (Å²) in [6.07, 6.45) is 5.37. The van der Waals surface area contributed by atoms with Crippen molar-refractivity contribution in [1.29, 1.82) is 0 Å². The molecule has 2 aliphatic rings. The molecule has 3 rings (SSSR count). The Morgan fingerprint density at radius 3 is 2.77 bits per heavy atom. The van der Waals surface area contributed by atoms with Crippen molar-refractivity contribution < 1.29 is 9.53 Å². The van der Waals surface area contributed by atoms with E-state index < -0.39 is 0 Å². The largest absolute Gasteiger partial charge is 0.379 e. The molecule has 4 nitrogen and oxygen atoms in total. The van der Waals surface area contributed by atoms with Gasteiger partial charge < -0.3 is 10.1 Å². The molecule has 0 saturated carbocycles. The molecule has 2 unspecified atom stereocenters. The van der Waals surface area contributed by atoms with Gasteiger partial charge in [-0.25, -0.2) is 0 Å². The van der Waals surface area contributed by atoms with Crippen molar-refractivity contribution in [3.8, 4) is 0 Å². The van der Waals surface area contributed by atoms with Crippen LogP contribution in [0.4, 0.5) is 0 Å². The molecular weight excluding hydrogens is 364 g/mol. The van der Waals surface area contributed by atoms with Crippen molar-refractivity contribution >= 4 is 27.5 Å². The van der Waals surface area contributed by atoms with Crippen molar-refractivity contribution in [1.82, 2.24) is 10.2 Å². The zero-order valence-electron chi connectivity index (χ0n) is 15.4. The maximum Gasteiger partial charge on any atom is 0.220 e. The number of amides is 1. The zero-order chi connectivity index (χ0) is 18.0. The molecule has 2 saturated heterocycles. The third-order valence-electron chi connectivity index (χ3n) is 4.99. The SMILES string of the molecule is O=C(CCCCC1CCSS1)NC(CN1CCOCC1)c1ccccc1. The Bertz CT molecular complexity index is 532. The van der Waals surface area contributed by atoms with E-state index in [9.17, 15) is 4.79 Å². The lowest BCUT2D eigenvalue weighted by Gasteiger charge is -2.31.